The zero-order valence-corrected chi connectivity index (χ0v) is 22.7. The Hall–Kier alpha value is -0.950. The lowest BCUT2D eigenvalue weighted by Gasteiger charge is -2.24. The summed E-state index contributed by atoms with van der Waals surface area (Å²) >= 11 is 3.62. The van der Waals surface area contributed by atoms with Gasteiger partial charge in [0.15, 0.2) is 6.61 Å². The molecule has 0 aromatic heterocycles. The van der Waals surface area contributed by atoms with E-state index in [0.29, 0.717) is 7.14 Å². The van der Waals surface area contributed by atoms with Crippen molar-refractivity contribution in [3.8, 4) is 5.75 Å². The van der Waals surface area contributed by atoms with E-state index in [1.165, 1.54) is 12.1 Å². The molecule has 1 fully saturated rings. The molecule has 1 aliphatic rings. The highest BCUT2D eigenvalue weighted by Crippen LogP contribution is 2.40. The highest BCUT2D eigenvalue weighted by molar-refractivity contribution is 14.1. The molecule has 1 aliphatic carbocycles. The van der Waals surface area contributed by atoms with Crippen LogP contribution in [-0.4, -0.2) is 54.9 Å². The van der Waals surface area contributed by atoms with E-state index in [1.54, 1.807) is 0 Å². The molecular weight excluding hydrogens is 718 g/mol. The van der Waals surface area contributed by atoms with Crippen LogP contribution in [0.1, 0.15) is 49.4 Å². The molecule has 34 heavy (non-hydrogen) atoms. The van der Waals surface area contributed by atoms with Crippen LogP contribution in [-0.2, 0) is 24.4 Å². The maximum absolute atomic E-state index is 13.5. The Bertz CT molecular complexity index is 1020. The molecule has 2 rings (SSSR count). The first-order valence-electron chi connectivity index (χ1n) is 9.72. The standard InChI is InChI=1S/C19H20F4I2O8S/c1-17(4-2-3-5-17)33-14(26)10-32-15-12(24)8-11(9-13(15)25)16(27)31-7-6-18(20,21)19(22,23)34(28,29)30/h8-9H,2-7,10H2,1H3,(H,28,29,30). The summed E-state index contributed by atoms with van der Waals surface area (Å²) in [5.74, 6) is -6.60. The monoisotopic (exact) mass is 738 g/mol. The van der Waals surface area contributed by atoms with Crippen LogP contribution in [0.3, 0.4) is 0 Å². The summed E-state index contributed by atoms with van der Waals surface area (Å²) in [7, 11) is -6.37. The van der Waals surface area contributed by atoms with Gasteiger partial charge in [-0.3, -0.25) is 4.55 Å². The fraction of sp³-hybridized carbons (Fsp3) is 0.579. The molecular formula is C19H20F4I2O8S. The fourth-order valence-corrected chi connectivity index (χ4v) is 5.72. The van der Waals surface area contributed by atoms with Gasteiger partial charge >= 0.3 is 33.2 Å². The van der Waals surface area contributed by atoms with E-state index in [9.17, 15) is 35.6 Å². The van der Waals surface area contributed by atoms with Crippen molar-refractivity contribution in [3.05, 3.63) is 24.8 Å². The molecule has 8 nitrogen and oxygen atoms in total. The topological polar surface area (TPSA) is 116 Å². The van der Waals surface area contributed by atoms with E-state index in [-0.39, 0.29) is 17.9 Å². The summed E-state index contributed by atoms with van der Waals surface area (Å²) < 4.78 is 99.0. The van der Waals surface area contributed by atoms with Gasteiger partial charge in [0, 0.05) is 0 Å². The molecule has 0 atom stereocenters. The molecule has 192 valence electrons. The smallest absolute Gasteiger partial charge is 0.431 e. The summed E-state index contributed by atoms with van der Waals surface area (Å²) in [6.07, 6.45) is 1.63. The average Bonchev–Trinajstić information content (AvgIpc) is 3.11. The lowest BCUT2D eigenvalue weighted by atomic mass is 10.1. The second kappa shape index (κ2) is 11.0. The zero-order valence-electron chi connectivity index (χ0n) is 17.6. The van der Waals surface area contributed by atoms with E-state index in [4.69, 9.17) is 14.0 Å². The third kappa shape index (κ3) is 7.05. The van der Waals surface area contributed by atoms with Gasteiger partial charge in [0.25, 0.3) is 0 Å². The number of hydrogen-bond donors (Lipinski definition) is 1. The van der Waals surface area contributed by atoms with Crippen molar-refractivity contribution >= 4 is 67.2 Å². The van der Waals surface area contributed by atoms with Gasteiger partial charge in [-0.25, -0.2) is 9.59 Å². The Balaban J connectivity index is 1.97. The molecule has 0 spiro atoms. The molecule has 0 amide bonds. The predicted octanol–water partition coefficient (Wildman–Crippen LogP) is 4.81. The maximum Gasteiger partial charge on any atom is 0.431 e. The molecule has 1 aromatic rings. The van der Waals surface area contributed by atoms with Crippen LogP contribution in [0.15, 0.2) is 12.1 Å². The van der Waals surface area contributed by atoms with Crippen molar-refractivity contribution in [2.75, 3.05) is 13.2 Å². The first kappa shape index (κ1) is 29.3. The van der Waals surface area contributed by atoms with Crippen LogP contribution in [0.5, 0.6) is 5.75 Å². The number of benzene rings is 1. The Morgan fingerprint density at radius 2 is 1.65 bits per heavy atom. The van der Waals surface area contributed by atoms with Crippen molar-refractivity contribution in [1.29, 1.82) is 0 Å². The number of carbonyl (C=O) groups is 2. The predicted molar refractivity (Wildman–Crippen MR) is 127 cm³/mol. The first-order chi connectivity index (χ1) is 15.5. The van der Waals surface area contributed by atoms with Crippen LogP contribution in [0, 0.1) is 7.14 Å². The molecule has 1 aromatic carbocycles. The Labute approximate surface area is 220 Å². The van der Waals surface area contributed by atoms with E-state index in [2.05, 4.69) is 4.74 Å². The van der Waals surface area contributed by atoms with Crippen LogP contribution in [0.25, 0.3) is 0 Å². The summed E-state index contributed by atoms with van der Waals surface area (Å²) in [5, 5.41) is -5.74. The van der Waals surface area contributed by atoms with E-state index in [0.717, 1.165) is 25.7 Å². The summed E-state index contributed by atoms with van der Waals surface area (Å²) in [6, 6.07) is 2.55. The first-order valence-corrected chi connectivity index (χ1v) is 13.3. The van der Waals surface area contributed by atoms with Gasteiger partial charge in [0.05, 0.1) is 25.7 Å². The fourth-order valence-electron chi connectivity index (χ4n) is 3.17. The number of alkyl halides is 4. The molecule has 0 radical (unpaired) electrons. The molecule has 0 heterocycles. The molecule has 0 bridgehead atoms. The quantitative estimate of drug-likeness (QED) is 0.158. The third-order valence-corrected chi connectivity index (χ3v) is 7.54. The molecule has 0 aliphatic heterocycles. The van der Waals surface area contributed by atoms with Gasteiger partial charge in [0.1, 0.15) is 11.4 Å². The van der Waals surface area contributed by atoms with Gasteiger partial charge in [-0.2, -0.15) is 26.0 Å². The largest absolute Gasteiger partial charge is 0.480 e. The van der Waals surface area contributed by atoms with Gasteiger partial charge in [-0.1, -0.05) is 0 Å². The molecule has 0 unspecified atom stereocenters. The summed E-state index contributed by atoms with van der Waals surface area (Å²) in [5.41, 5.74) is -0.636. The van der Waals surface area contributed by atoms with Crippen molar-refractivity contribution in [2.24, 2.45) is 0 Å². The zero-order chi connectivity index (χ0) is 25.9. The molecule has 1 saturated carbocycles. The minimum Gasteiger partial charge on any atom is -0.480 e. The summed E-state index contributed by atoms with van der Waals surface area (Å²) in [4.78, 5) is 24.3. The second-order valence-corrected chi connectivity index (χ2v) is 11.6. The van der Waals surface area contributed by atoms with Crippen molar-refractivity contribution in [1.82, 2.24) is 0 Å². The Morgan fingerprint density at radius 3 is 2.15 bits per heavy atom. The van der Waals surface area contributed by atoms with E-state index in [1.807, 2.05) is 52.1 Å². The Morgan fingerprint density at radius 1 is 1.12 bits per heavy atom. The van der Waals surface area contributed by atoms with Gasteiger partial charge in [0.2, 0.25) is 0 Å². The highest BCUT2D eigenvalue weighted by atomic mass is 127. The van der Waals surface area contributed by atoms with Gasteiger partial charge < -0.3 is 14.2 Å². The minimum absolute atomic E-state index is 0.118. The third-order valence-electron chi connectivity index (χ3n) is 4.99. The molecule has 15 heteroatoms. The minimum atomic E-state index is -6.37. The van der Waals surface area contributed by atoms with E-state index >= 15 is 0 Å². The highest BCUT2D eigenvalue weighted by Gasteiger charge is 2.65. The summed E-state index contributed by atoms with van der Waals surface area (Å²) in [6.45, 7) is 0.237. The number of esters is 2. The lowest BCUT2D eigenvalue weighted by Crippen LogP contribution is -2.47. The van der Waals surface area contributed by atoms with Crippen LogP contribution >= 0.6 is 45.2 Å². The second-order valence-electron chi connectivity index (χ2n) is 7.77. The van der Waals surface area contributed by atoms with Crippen LogP contribution < -0.4 is 4.74 Å². The lowest BCUT2D eigenvalue weighted by molar-refractivity contribution is -0.168. The Kier molecular flexibility index (Phi) is 9.46. The van der Waals surface area contributed by atoms with Gasteiger partial charge in [-0.05, 0) is 89.9 Å². The number of rotatable bonds is 10. The SMILES string of the molecule is CC1(OC(=O)COc2c(I)cc(C(=O)OCCC(F)(F)C(F)(F)S(=O)(=O)O)cc2I)CCCC1. The van der Waals surface area contributed by atoms with Crippen LogP contribution in [0.4, 0.5) is 17.6 Å². The van der Waals surface area contributed by atoms with Crippen molar-refractivity contribution < 1.29 is 54.3 Å². The maximum atomic E-state index is 13.5. The molecule has 0 saturated heterocycles. The molecule has 1 N–H and O–H groups in total. The average molecular weight is 738 g/mol. The van der Waals surface area contributed by atoms with E-state index < -0.39 is 51.9 Å². The number of ether oxygens (including phenoxy) is 3. The van der Waals surface area contributed by atoms with Gasteiger partial charge in [-0.15, -0.1) is 0 Å². The normalized spacial score (nSPS) is 16.2. The van der Waals surface area contributed by atoms with Crippen molar-refractivity contribution in [2.45, 2.75) is 55.8 Å². The van der Waals surface area contributed by atoms with Crippen molar-refractivity contribution in [3.63, 3.8) is 0 Å². The number of carbonyl (C=O) groups excluding carboxylic acids is 2. The van der Waals surface area contributed by atoms with Crippen LogP contribution in [0.2, 0.25) is 0 Å². The number of hydrogen-bond acceptors (Lipinski definition) is 7. The number of halogens is 6.